The third kappa shape index (κ3) is 2.38. The average molecular weight is 212 g/mol. The Bertz CT molecular complexity index is 243. The van der Waals surface area contributed by atoms with Gasteiger partial charge in [-0.15, -0.1) is 6.58 Å². The Morgan fingerprint density at radius 2 is 2.53 bits per heavy atom. The molecule has 4 heteroatoms. The molecular weight excluding hydrogens is 192 g/mol. The standard InChI is InChI=1S/C11H20N2O2/c1-3-6-13-11(10(14)15)5-7-12-8-9(11)4-2/h3,9,12-13H,1,4-8H2,2H3,(H,14,15). The molecule has 0 radical (unpaired) electrons. The van der Waals surface area contributed by atoms with Crippen LogP contribution in [-0.4, -0.2) is 36.2 Å². The van der Waals surface area contributed by atoms with E-state index in [2.05, 4.69) is 17.2 Å². The van der Waals surface area contributed by atoms with E-state index in [-0.39, 0.29) is 5.92 Å². The quantitative estimate of drug-likeness (QED) is 0.584. The third-order valence-corrected chi connectivity index (χ3v) is 3.22. The van der Waals surface area contributed by atoms with Gasteiger partial charge in [-0.25, -0.2) is 0 Å². The highest BCUT2D eigenvalue weighted by Gasteiger charge is 2.45. The maximum absolute atomic E-state index is 11.4. The van der Waals surface area contributed by atoms with Gasteiger partial charge in [-0.05, 0) is 19.4 Å². The number of rotatable bonds is 5. The average Bonchev–Trinajstić information content (AvgIpc) is 2.26. The maximum atomic E-state index is 11.4. The number of hydrogen-bond donors (Lipinski definition) is 3. The number of carboxylic acid groups (broad SMARTS) is 1. The maximum Gasteiger partial charge on any atom is 0.324 e. The summed E-state index contributed by atoms with van der Waals surface area (Å²) in [6, 6.07) is 0. The second-order valence-electron chi connectivity index (χ2n) is 4.01. The lowest BCUT2D eigenvalue weighted by molar-refractivity contribution is -0.148. The van der Waals surface area contributed by atoms with Crippen molar-refractivity contribution in [2.45, 2.75) is 25.3 Å². The lowest BCUT2D eigenvalue weighted by atomic mass is 9.77. The van der Waals surface area contributed by atoms with Gasteiger partial charge in [-0.3, -0.25) is 10.1 Å². The van der Waals surface area contributed by atoms with Crippen LogP contribution in [0, 0.1) is 5.92 Å². The molecule has 0 amide bonds. The Labute approximate surface area is 90.7 Å². The molecule has 15 heavy (non-hydrogen) atoms. The van der Waals surface area contributed by atoms with E-state index in [0.717, 1.165) is 19.5 Å². The van der Waals surface area contributed by atoms with Crippen molar-refractivity contribution in [2.24, 2.45) is 5.92 Å². The van der Waals surface area contributed by atoms with Gasteiger partial charge < -0.3 is 10.4 Å². The molecule has 1 saturated heterocycles. The van der Waals surface area contributed by atoms with Gasteiger partial charge in [0.25, 0.3) is 0 Å². The van der Waals surface area contributed by atoms with E-state index < -0.39 is 11.5 Å². The number of hydrogen-bond acceptors (Lipinski definition) is 3. The normalized spacial score (nSPS) is 31.1. The Kier molecular flexibility index (Phi) is 4.29. The monoisotopic (exact) mass is 212 g/mol. The lowest BCUT2D eigenvalue weighted by Gasteiger charge is -2.41. The second-order valence-corrected chi connectivity index (χ2v) is 4.01. The highest BCUT2D eigenvalue weighted by atomic mass is 16.4. The Hall–Kier alpha value is -0.870. The number of carboxylic acids is 1. The molecule has 0 aliphatic carbocycles. The highest BCUT2D eigenvalue weighted by Crippen LogP contribution is 2.27. The zero-order chi connectivity index (χ0) is 11.3. The molecule has 1 heterocycles. The molecule has 2 unspecified atom stereocenters. The summed E-state index contributed by atoms with van der Waals surface area (Å²) >= 11 is 0. The summed E-state index contributed by atoms with van der Waals surface area (Å²) < 4.78 is 0. The van der Waals surface area contributed by atoms with Gasteiger partial charge in [0.15, 0.2) is 0 Å². The van der Waals surface area contributed by atoms with E-state index in [1.165, 1.54) is 0 Å². The van der Waals surface area contributed by atoms with Crippen molar-refractivity contribution >= 4 is 5.97 Å². The smallest absolute Gasteiger partial charge is 0.324 e. The van der Waals surface area contributed by atoms with Crippen LogP contribution in [0.2, 0.25) is 0 Å². The van der Waals surface area contributed by atoms with E-state index in [1.807, 2.05) is 6.92 Å². The fraction of sp³-hybridized carbons (Fsp3) is 0.727. The largest absolute Gasteiger partial charge is 0.480 e. The molecule has 1 rings (SSSR count). The van der Waals surface area contributed by atoms with Crippen molar-refractivity contribution < 1.29 is 9.90 Å². The molecular formula is C11H20N2O2. The zero-order valence-electron chi connectivity index (χ0n) is 9.25. The summed E-state index contributed by atoms with van der Waals surface area (Å²) in [7, 11) is 0. The van der Waals surface area contributed by atoms with E-state index in [0.29, 0.717) is 13.0 Å². The molecule has 0 aromatic carbocycles. The second kappa shape index (κ2) is 5.28. The zero-order valence-corrected chi connectivity index (χ0v) is 9.25. The highest BCUT2D eigenvalue weighted by molar-refractivity contribution is 5.79. The Morgan fingerprint density at radius 3 is 3.07 bits per heavy atom. The number of nitrogens with one attached hydrogen (secondary N) is 2. The van der Waals surface area contributed by atoms with E-state index in [4.69, 9.17) is 0 Å². The summed E-state index contributed by atoms with van der Waals surface area (Å²) in [5.74, 6) is -0.596. The molecule has 4 nitrogen and oxygen atoms in total. The van der Waals surface area contributed by atoms with E-state index in [9.17, 15) is 9.90 Å². The lowest BCUT2D eigenvalue weighted by Crippen LogP contribution is -2.63. The van der Waals surface area contributed by atoms with Crippen LogP contribution in [0.4, 0.5) is 0 Å². The first-order valence-electron chi connectivity index (χ1n) is 5.47. The first-order chi connectivity index (χ1) is 7.17. The Morgan fingerprint density at radius 1 is 1.80 bits per heavy atom. The Balaban J connectivity index is 2.83. The van der Waals surface area contributed by atoms with Crippen molar-refractivity contribution in [3.8, 4) is 0 Å². The minimum atomic E-state index is -0.770. The van der Waals surface area contributed by atoms with E-state index >= 15 is 0 Å². The SMILES string of the molecule is C=CCNC1(C(=O)O)CCNCC1CC. The van der Waals surface area contributed by atoms with Gasteiger partial charge >= 0.3 is 5.97 Å². The fourth-order valence-corrected chi connectivity index (χ4v) is 2.28. The molecule has 1 aliphatic heterocycles. The first-order valence-corrected chi connectivity index (χ1v) is 5.47. The summed E-state index contributed by atoms with van der Waals surface area (Å²) in [6.07, 6.45) is 3.21. The molecule has 1 fully saturated rings. The number of carbonyl (C=O) groups is 1. The van der Waals surface area contributed by atoms with Crippen LogP contribution in [0.5, 0.6) is 0 Å². The van der Waals surface area contributed by atoms with E-state index in [1.54, 1.807) is 6.08 Å². The van der Waals surface area contributed by atoms with Crippen LogP contribution in [0.1, 0.15) is 19.8 Å². The molecule has 0 aromatic rings. The van der Waals surface area contributed by atoms with Gasteiger partial charge in [0, 0.05) is 19.0 Å². The van der Waals surface area contributed by atoms with Crippen molar-refractivity contribution in [1.29, 1.82) is 0 Å². The molecule has 2 atom stereocenters. The van der Waals surface area contributed by atoms with Crippen LogP contribution in [0.15, 0.2) is 12.7 Å². The molecule has 1 aliphatic rings. The van der Waals surface area contributed by atoms with Crippen LogP contribution in [-0.2, 0) is 4.79 Å². The molecule has 0 spiro atoms. The summed E-state index contributed by atoms with van der Waals surface area (Å²) in [5.41, 5.74) is -0.770. The van der Waals surface area contributed by atoms with Crippen molar-refractivity contribution in [3.05, 3.63) is 12.7 Å². The molecule has 86 valence electrons. The van der Waals surface area contributed by atoms with Gasteiger partial charge in [0.1, 0.15) is 5.54 Å². The predicted octanol–water partition coefficient (Wildman–Crippen LogP) is 0.605. The van der Waals surface area contributed by atoms with Crippen LogP contribution < -0.4 is 10.6 Å². The molecule has 3 N–H and O–H groups in total. The molecule has 0 bridgehead atoms. The summed E-state index contributed by atoms with van der Waals surface area (Å²) in [4.78, 5) is 11.4. The van der Waals surface area contributed by atoms with Gasteiger partial charge in [-0.2, -0.15) is 0 Å². The van der Waals surface area contributed by atoms with Crippen LogP contribution in [0.25, 0.3) is 0 Å². The van der Waals surface area contributed by atoms with Gasteiger partial charge in [0.2, 0.25) is 0 Å². The predicted molar refractivity (Wildman–Crippen MR) is 59.8 cm³/mol. The van der Waals surface area contributed by atoms with Crippen molar-refractivity contribution in [3.63, 3.8) is 0 Å². The van der Waals surface area contributed by atoms with Crippen LogP contribution in [0.3, 0.4) is 0 Å². The minimum Gasteiger partial charge on any atom is -0.480 e. The van der Waals surface area contributed by atoms with Gasteiger partial charge in [0.05, 0.1) is 0 Å². The van der Waals surface area contributed by atoms with Crippen molar-refractivity contribution in [1.82, 2.24) is 10.6 Å². The van der Waals surface area contributed by atoms with Gasteiger partial charge in [-0.1, -0.05) is 13.0 Å². The molecule has 0 aromatic heterocycles. The van der Waals surface area contributed by atoms with Crippen molar-refractivity contribution in [2.75, 3.05) is 19.6 Å². The molecule has 0 saturated carbocycles. The minimum absolute atomic E-state index is 0.142. The third-order valence-electron chi connectivity index (χ3n) is 3.22. The number of piperidine rings is 1. The summed E-state index contributed by atoms with van der Waals surface area (Å²) in [5, 5.41) is 15.8. The fourth-order valence-electron chi connectivity index (χ4n) is 2.28. The number of aliphatic carboxylic acids is 1. The summed E-state index contributed by atoms with van der Waals surface area (Å²) in [6.45, 7) is 7.72. The van der Waals surface area contributed by atoms with Crippen LogP contribution >= 0.6 is 0 Å². The first kappa shape index (κ1) is 12.2. The topological polar surface area (TPSA) is 61.4 Å².